The number of nitrogens with one attached hydrogen (secondary N) is 1. The van der Waals surface area contributed by atoms with Crippen LogP contribution in [0.15, 0.2) is 18.3 Å². The van der Waals surface area contributed by atoms with Crippen molar-refractivity contribution in [1.82, 2.24) is 4.98 Å². The van der Waals surface area contributed by atoms with Crippen molar-refractivity contribution < 1.29 is 14.3 Å². The molecule has 0 saturated carbocycles. The Morgan fingerprint density at radius 1 is 1.37 bits per heavy atom. The van der Waals surface area contributed by atoms with Crippen LogP contribution in [0.25, 0.3) is 0 Å². The average Bonchev–Trinajstić information content (AvgIpc) is 2.39. The van der Waals surface area contributed by atoms with Crippen molar-refractivity contribution in [2.75, 3.05) is 18.5 Å². The van der Waals surface area contributed by atoms with Crippen molar-refractivity contribution in [1.29, 1.82) is 0 Å². The first-order valence-corrected chi connectivity index (χ1v) is 6.54. The van der Waals surface area contributed by atoms with Crippen molar-refractivity contribution >= 4 is 11.6 Å². The Labute approximate surface area is 114 Å². The summed E-state index contributed by atoms with van der Waals surface area (Å²) in [4.78, 5) is 16.1. The number of hydrogen-bond acceptors (Lipinski definition) is 4. The number of rotatable bonds is 7. The molecule has 0 bridgehead atoms. The van der Waals surface area contributed by atoms with Gasteiger partial charge >= 0.3 is 0 Å². The smallest absolute Gasteiger partial charge is 0.256 e. The molecule has 0 aliphatic heterocycles. The first kappa shape index (κ1) is 15.4. The zero-order valence-corrected chi connectivity index (χ0v) is 12.0. The van der Waals surface area contributed by atoms with E-state index in [-0.39, 0.29) is 5.91 Å². The number of aromatic nitrogens is 1. The summed E-state index contributed by atoms with van der Waals surface area (Å²) in [6, 6.07) is 3.48. The molecule has 1 N–H and O–H groups in total. The number of hydrogen-bond donors (Lipinski definition) is 1. The lowest BCUT2D eigenvalue weighted by Gasteiger charge is -2.23. The highest BCUT2D eigenvalue weighted by Crippen LogP contribution is 2.16. The monoisotopic (exact) mass is 266 g/mol. The van der Waals surface area contributed by atoms with E-state index in [1.54, 1.807) is 32.2 Å². The van der Waals surface area contributed by atoms with Crippen molar-refractivity contribution in [3.05, 3.63) is 18.3 Å². The molecule has 0 aromatic carbocycles. The molecule has 0 saturated heterocycles. The Kier molecular flexibility index (Phi) is 5.76. The van der Waals surface area contributed by atoms with Gasteiger partial charge in [0.15, 0.2) is 0 Å². The second kappa shape index (κ2) is 7.09. The van der Waals surface area contributed by atoms with Gasteiger partial charge in [-0.2, -0.15) is 0 Å². The van der Waals surface area contributed by atoms with E-state index in [4.69, 9.17) is 9.47 Å². The maximum Gasteiger partial charge on any atom is 0.256 e. The van der Waals surface area contributed by atoms with Gasteiger partial charge in [0.1, 0.15) is 5.60 Å². The molecule has 1 aromatic heterocycles. The molecule has 1 heterocycles. The van der Waals surface area contributed by atoms with Gasteiger partial charge < -0.3 is 14.8 Å². The van der Waals surface area contributed by atoms with Crippen LogP contribution >= 0.6 is 0 Å². The molecule has 5 nitrogen and oxygen atoms in total. The molecule has 1 aromatic rings. The first-order valence-electron chi connectivity index (χ1n) is 6.54. The minimum atomic E-state index is -0.853. The number of nitrogens with zero attached hydrogens (tertiary/aromatic N) is 1. The summed E-state index contributed by atoms with van der Waals surface area (Å²) >= 11 is 0. The summed E-state index contributed by atoms with van der Waals surface area (Å²) < 4.78 is 10.8. The van der Waals surface area contributed by atoms with Crippen LogP contribution in [-0.2, 0) is 9.53 Å². The number of ether oxygens (including phenoxy) is 2. The van der Waals surface area contributed by atoms with Crippen LogP contribution in [0, 0.1) is 0 Å². The van der Waals surface area contributed by atoms with E-state index in [0.717, 1.165) is 6.42 Å². The molecule has 0 aliphatic carbocycles. The van der Waals surface area contributed by atoms with E-state index >= 15 is 0 Å². The van der Waals surface area contributed by atoms with Crippen LogP contribution < -0.4 is 10.1 Å². The second-order valence-electron chi connectivity index (χ2n) is 4.63. The SMILES string of the molecule is CCCOC(C)(C)C(=O)Nc1ccc(OCC)nc1. The van der Waals surface area contributed by atoms with E-state index in [1.165, 1.54) is 0 Å². The van der Waals surface area contributed by atoms with Crippen LogP contribution in [0.5, 0.6) is 5.88 Å². The predicted molar refractivity (Wildman–Crippen MR) is 74.4 cm³/mol. The Morgan fingerprint density at radius 2 is 2.11 bits per heavy atom. The minimum Gasteiger partial charge on any atom is -0.478 e. The third-order valence-corrected chi connectivity index (χ3v) is 2.50. The van der Waals surface area contributed by atoms with Crippen molar-refractivity contribution in [3.63, 3.8) is 0 Å². The van der Waals surface area contributed by atoms with Crippen LogP contribution in [0.3, 0.4) is 0 Å². The van der Waals surface area contributed by atoms with Gasteiger partial charge in [-0.1, -0.05) is 6.92 Å². The van der Waals surface area contributed by atoms with Crippen molar-refractivity contribution in [2.24, 2.45) is 0 Å². The van der Waals surface area contributed by atoms with Gasteiger partial charge in [-0.25, -0.2) is 4.98 Å². The van der Waals surface area contributed by atoms with Crippen LogP contribution in [0.1, 0.15) is 34.1 Å². The zero-order valence-electron chi connectivity index (χ0n) is 12.0. The average molecular weight is 266 g/mol. The van der Waals surface area contributed by atoms with Crippen LogP contribution in [0.4, 0.5) is 5.69 Å². The summed E-state index contributed by atoms with van der Waals surface area (Å²) in [5, 5.41) is 2.78. The highest BCUT2D eigenvalue weighted by Gasteiger charge is 2.28. The van der Waals surface area contributed by atoms with E-state index in [0.29, 0.717) is 24.8 Å². The van der Waals surface area contributed by atoms with Gasteiger partial charge in [-0.15, -0.1) is 0 Å². The van der Waals surface area contributed by atoms with Crippen molar-refractivity contribution in [2.45, 2.75) is 39.7 Å². The summed E-state index contributed by atoms with van der Waals surface area (Å²) in [5.41, 5.74) is -0.226. The second-order valence-corrected chi connectivity index (χ2v) is 4.63. The number of amides is 1. The molecule has 1 amide bonds. The Morgan fingerprint density at radius 3 is 2.63 bits per heavy atom. The predicted octanol–water partition coefficient (Wildman–Crippen LogP) is 2.62. The molecule has 0 fully saturated rings. The third-order valence-electron chi connectivity index (χ3n) is 2.50. The summed E-state index contributed by atoms with van der Waals surface area (Å²) in [7, 11) is 0. The summed E-state index contributed by atoms with van der Waals surface area (Å²) in [5.74, 6) is 0.355. The van der Waals surface area contributed by atoms with Gasteiger partial charge in [0, 0.05) is 12.7 Å². The molecule has 5 heteroatoms. The number of carbonyl (C=O) groups excluding carboxylic acids is 1. The van der Waals surface area contributed by atoms with Gasteiger partial charge in [0.25, 0.3) is 5.91 Å². The lowest BCUT2D eigenvalue weighted by molar-refractivity contribution is -0.137. The highest BCUT2D eigenvalue weighted by molar-refractivity contribution is 5.96. The molecular weight excluding hydrogens is 244 g/mol. The molecule has 0 aliphatic rings. The summed E-state index contributed by atoms with van der Waals surface area (Å²) in [6.45, 7) is 8.52. The van der Waals surface area contributed by atoms with Gasteiger partial charge in [0.05, 0.1) is 18.5 Å². The fourth-order valence-corrected chi connectivity index (χ4v) is 1.39. The molecule has 106 valence electrons. The van der Waals surface area contributed by atoms with E-state index in [9.17, 15) is 4.79 Å². The fraction of sp³-hybridized carbons (Fsp3) is 0.571. The van der Waals surface area contributed by atoms with Crippen molar-refractivity contribution in [3.8, 4) is 5.88 Å². The number of anilines is 1. The highest BCUT2D eigenvalue weighted by atomic mass is 16.5. The molecule has 1 rings (SSSR count). The molecular formula is C14H22N2O3. The maximum absolute atomic E-state index is 12.1. The lowest BCUT2D eigenvalue weighted by atomic mass is 10.1. The van der Waals surface area contributed by atoms with Crippen LogP contribution in [-0.4, -0.2) is 29.7 Å². The quantitative estimate of drug-likeness (QED) is 0.824. The Hall–Kier alpha value is -1.62. The Bertz CT molecular complexity index is 402. The Balaban J connectivity index is 2.60. The third kappa shape index (κ3) is 4.87. The van der Waals surface area contributed by atoms with E-state index in [1.807, 2.05) is 13.8 Å². The summed E-state index contributed by atoms with van der Waals surface area (Å²) in [6.07, 6.45) is 2.44. The minimum absolute atomic E-state index is 0.188. The van der Waals surface area contributed by atoms with Gasteiger partial charge in [-0.3, -0.25) is 4.79 Å². The molecule has 0 spiro atoms. The number of pyridine rings is 1. The normalized spacial score (nSPS) is 11.2. The zero-order chi connectivity index (χ0) is 14.3. The van der Waals surface area contributed by atoms with Gasteiger partial charge in [-0.05, 0) is 33.3 Å². The van der Waals surface area contributed by atoms with Crippen LogP contribution in [0.2, 0.25) is 0 Å². The topological polar surface area (TPSA) is 60.5 Å². The molecule has 19 heavy (non-hydrogen) atoms. The van der Waals surface area contributed by atoms with E-state index in [2.05, 4.69) is 10.3 Å². The molecule has 0 atom stereocenters. The van der Waals surface area contributed by atoms with Gasteiger partial charge in [0.2, 0.25) is 5.88 Å². The molecule has 0 radical (unpaired) electrons. The standard InChI is InChI=1S/C14H22N2O3/c1-5-9-19-14(3,4)13(17)16-11-7-8-12(15-10-11)18-6-2/h7-8,10H,5-6,9H2,1-4H3,(H,16,17). The number of carbonyl (C=O) groups is 1. The molecule has 0 unspecified atom stereocenters. The van der Waals surface area contributed by atoms with E-state index < -0.39 is 5.60 Å². The fourth-order valence-electron chi connectivity index (χ4n) is 1.39. The lowest BCUT2D eigenvalue weighted by Crippen LogP contribution is -2.40. The largest absolute Gasteiger partial charge is 0.478 e. The first-order chi connectivity index (χ1) is 8.99. The maximum atomic E-state index is 12.1.